The summed E-state index contributed by atoms with van der Waals surface area (Å²) in [5.74, 6) is 1.78. The third kappa shape index (κ3) is 3.48. The van der Waals surface area contributed by atoms with E-state index in [1.165, 1.54) is 17.7 Å². The van der Waals surface area contributed by atoms with Gasteiger partial charge in [-0.25, -0.2) is 4.98 Å². The number of hydrogen-bond acceptors (Lipinski definition) is 7. The summed E-state index contributed by atoms with van der Waals surface area (Å²) in [6, 6.07) is 1.88. The molecule has 3 aromatic heterocycles. The Morgan fingerprint density at radius 3 is 2.97 bits per heavy atom. The number of morpholine rings is 1. The predicted molar refractivity (Wildman–Crippen MR) is 122 cm³/mol. The quantitative estimate of drug-likeness (QED) is 0.608. The van der Waals surface area contributed by atoms with Crippen LogP contribution in [0.15, 0.2) is 6.07 Å². The molecule has 0 aromatic carbocycles. The zero-order valence-corrected chi connectivity index (χ0v) is 19.3. The van der Waals surface area contributed by atoms with Gasteiger partial charge in [0.1, 0.15) is 11.4 Å². The van der Waals surface area contributed by atoms with Crippen molar-refractivity contribution in [1.82, 2.24) is 30.0 Å². The molecule has 1 saturated carbocycles. The van der Waals surface area contributed by atoms with E-state index >= 15 is 0 Å². The van der Waals surface area contributed by atoms with Gasteiger partial charge in [-0.15, -0.1) is 0 Å². The largest absolute Gasteiger partial charge is 0.479 e. The number of pyridine rings is 1. The summed E-state index contributed by atoms with van der Waals surface area (Å²) in [5, 5.41) is 7.82. The van der Waals surface area contributed by atoms with Crippen molar-refractivity contribution in [1.29, 1.82) is 0 Å². The lowest BCUT2D eigenvalue weighted by molar-refractivity contribution is -0.120. The molecule has 6 rings (SSSR count). The predicted octanol–water partition coefficient (Wildman–Crippen LogP) is 1.78. The Bertz CT molecular complexity index is 1230. The van der Waals surface area contributed by atoms with Gasteiger partial charge in [-0.05, 0) is 36.7 Å². The van der Waals surface area contributed by atoms with Crippen LogP contribution >= 0.6 is 0 Å². The Morgan fingerprint density at radius 1 is 1.36 bits per heavy atom. The number of hydrogen-bond donors (Lipinski definition) is 2. The van der Waals surface area contributed by atoms with Crippen LogP contribution in [0.1, 0.15) is 24.6 Å². The molecule has 2 N–H and O–H groups in total. The molecule has 2 aliphatic carbocycles. The minimum atomic E-state index is -0.0232. The second kappa shape index (κ2) is 7.53. The molecule has 1 aliphatic heterocycles. The minimum absolute atomic E-state index is 0.0232. The van der Waals surface area contributed by atoms with Gasteiger partial charge in [-0.2, -0.15) is 10.1 Å². The van der Waals surface area contributed by atoms with E-state index in [9.17, 15) is 4.79 Å². The molecule has 3 aromatic rings. The van der Waals surface area contributed by atoms with Crippen LogP contribution in [-0.4, -0.2) is 83.0 Å². The second-order valence-electron chi connectivity index (χ2n) is 9.78. The second-order valence-corrected chi connectivity index (χ2v) is 9.78. The summed E-state index contributed by atoms with van der Waals surface area (Å²) >= 11 is 0. The summed E-state index contributed by atoms with van der Waals surface area (Å²) in [7, 11) is 3.31. The van der Waals surface area contributed by atoms with Crippen LogP contribution < -0.4 is 9.64 Å². The van der Waals surface area contributed by atoms with Gasteiger partial charge in [0.05, 0.1) is 32.4 Å². The number of aromatic amines is 2. The Balaban J connectivity index is 1.30. The first-order valence-electron chi connectivity index (χ1n) is 11.5. The van der Waals surface area contributed by atoms with Crippen molar-refractivity contribution in [3.05, 3.63) is 17.3 Å². The standard InChI is InChI=1S/C23H29N7O3/c1-23-10-13(23)8-14-16(11-23)27-28-19(14)21-24-15-9-17(22(32-3)26-20(15)25-21)29(2)18(31)12-30-4-6-33-7-5-30/h9,13H,4-8,10-12H2,1-3H3,(H,27,28)(H,24,25,26)/t13-,23-/m1/s1. The highest BCUT2D eigenvalue weighted by Gasteiger charge is 2.53. The maximum absolute atomic E-state index is 12.9. The van der Waals surface area contributed by atoms with Crippen molar-refractivity contribution in [2.75, 3.05) is 51.9 Å². The fourth-order valence-corrected chi connectivity index (χ4v) is 5.26. The van der Waals surface area contributed by atoms with Gasteiger partial charge in [0.2, 0.25) is 11.8 Å². The Morgan fingerprint density at radius 2 is 2.18 bits per heavy atom. The van der Waals surface area contributed by atoms with E-state index in [1.807, 2.05) is 6.07 Å². The first-order chi connectivity index (χ1) is 15.9. The lowest BCUT2D eigenvalue weighted by Gasteiger charge is -2.28. The molecular formula is C23H29N7O3. The fourth-order valence-electron chi connectivity index (χ4n) is 5.26. The fraction of sp³-hybridized carbons (Fsp3) is 0.565. The molecule has 0 bridgehead atoms. The van der Waals surface area contributed by atoms with Gasteiger partial charge in [0.25, 0.3) is 0 Å². The highest BCUT2D eigenvalue weighted by Crippen LogP contribution is 2.59. The molecule has 10 heteroatoms. The first-order valence-corrected chi connectivity index (χ1v) is 11.5. The number of anilines is 1. The highest BCUT2D eigenvalue weighted by atomic mass is 16.5. The molecule has 2 atom stereocenters. The monoisotopic (exact) mass is 451 g/mol. The van der Waals surface area contributed by atoms with E-state index in [2.05, 4.69) is 32.0 Å². The number of nitrogens with one attached hydrogen (secondary N) is 2. The number of rotatable bonds is 5. The third-order valence-corrected chi connectivity index (χ3v) is 7.56. The smallest absolute Gasteiger partial charge is 0.241 e. The summed E-state index contributed by atoms with van der Waals surface area (Å²) in [6.45, 7) is 5.51. The van der Waals surface area contributed by atoms with E-state index in [0.717, 1.165) is 43.1 Å². The van der Waals surface area contributed by atoms with E-state index in [1.54, 1.807) is 19.1 Å². The van der Waals surface area contributed by atoms with Crippen molar-refractivity contribution >= 4 is 22.8 Å². The SMILES string of the molecule is COc1nc2nc(-c3n[nH]c4c3C[C@@H]3C[C@]3(C)C4)[nH]c2cc1N(C)C(=O)CN1CCOCC1. The molecule has 174 valence electrons. The van der Waals surface area contributed by atoms with Crippen LogP contribution in [-0.2, 0) is 22.4 Å². The van der Waals surface area contributed by atoms with Crippen LogP contribution in [0.25, 0.3) is 22.7 Å². The molecule has 3 aliphatic rings. The van der Waals surface area contributed by atoms with Gasteiger partial charge < -0.3 is 19.4 Å². The topological polar surface area (TPSA) is 112 Å². The number of ether oxygens (including phenoxy) is 2. The molecule has 2 fully saturated rings. The molecule has 0 unspecified atom stereocenters. The number of amides is 1. The maximum atomic E-state index is 12.9. The van der Waals surface area contributed by atoms with E-state index in [-0.39, 0.29) is 5.91 Å². The van der Waals surface area contributed by atoms with E-state index in [4.69, 9.17) is 14.5 Å². The van der Waals surface area contributed by atoms with Crippen molar-refractivity contribution in [2.45, 2.75) is 26.2 Å². The van der Waals surface area contributed by atoms with Crippen molar-refractivity contribution in [3.63, 3.8) is 0 Å². The Kier molecular flexibility index (Phi) is 4.70. The highest BCUT2D eigenvalue weighted by molar-refractivity contribution is 5.97. The van der Waals surface area contributed by atoms with Gasteiger partial charge in [0.15, 0.2) is 11.5 Å². The van der Waals surface area contributed by atoms with Gasteiger partial charge in [-0.1, -0.05) is 6.92 Å². The van der Waals surface area contributed by atoms with Crippen LogP contribution in [0.5, 0.6) is 5.88 Å². The number of nitrogens with zero attached hydrogens (tertiary/aromatic N) is 5. The number of likely N-dealkylation sites (N-methyl/N-ethyl adjacent to an activating group) is 1. The number of carbonyl (C=O) groups excluding carboxylic acids is 1. The first kappa shape index (κ1) is 20.6. The average Bonchev–Trinajstić information content (AvgIpc) is 3.11. The molecule has 33 heavy (non-hydrogen) atoms. The number of methoxy groups -OCH3 is 1. The minimum Gasteiger partial charge on any atom is -0.479 e. The molecule has 0 spiro atoms. The van der Waals surface area contributed by atoms with Gasteiger partial charge >= 0.3 is 0 Å². The average molecular weight is 452 g/mol. The third-order valence-electron chi connectivity index (χ3n) is 7.56. The number of fused-ring (bicyclic) bond motifs is 3. The lowest BCUT2D eigenvalue weighted by Crippen LogP contribution is -2.43. The zero-order valence-electron chi connectivity index (χ0n) is 19.3. The van der Waals surface area contributed by atoms with Crippen LogP contribution in [0.3, 0.4) is 0 Å². The van der Waals surface area contributed by atoms with Crippen molar-refractivity contribution in [2.24, 2.45) is 11.3 Å². The van der Waals surface area contributed by atoms with Crippen LogP contribution in [0, 0.1) is 11.3 Å². The van der Waals surface area contributed by atoms with Crippen LogP contribution in [0.4, 0.5) is 5.69 Å². The van der Waals surface area contributed by atoms with E-state index in [0.29, 0.717) is 48.2 Å². The lowest BCUT2D eigenvalue weighted by atomic mass is 9.88. The summed E-state index contributed by atoms with van der Waals surface area (Å²) < 4.78 is 10.9. The van der Waals surface area contributed by atoms with Gasteiger partial charge in [0, 0.05) is 31.4 Å². The Hall–Kier alpha value is -2.98. The molecular weight excluding hydrogens is 422 g/mol. The molecule has 4 heterocycles. The molecule has 0 radical (unpaired) electrons. The van der Waals surface area contributed by atoms with Crippen molar-refractivity contribution < 1.29 is 14.3 Å². The molecule has 1 saturated heterocycles. The summed E-state index contributed by atoms with van der Waals surface area (Å²) in [5.41, 5.74) is 5.69. The van der Waals surface area contributed by atoms with Gasteiger partial charge in [-0.3, -0.25) is 14.8 Å². The number of carbonyl (C=O) groups is 1. The van der Waals surface area contributed by atoms with Crippen molar-refractivity contribution in [3.8, 4) is 17.4 Å². The zero-order chi connectivity index (χ0) is 22.7. The normalized spacial score (nSPS) is 24.4. The number of aromatic nitrogens is 5. The number of imidazole rings is 1. The summed E-state index contributed by atoms with van der Waals surface area (Å²) in [6.07, 6.45) is 3.37. The Labute approximate surface area is 191 Å². The van der Waals surface area contributed by atoms with E-state index < -0.39 is 0 Å². The molecule has 10 nitrogen and oxygen atoms in total. The maximum Gasteiger partial charge on any atom is 0.241 e. The molecule has 1 amide bonds. The summed E-state index contributed by atoms with van der Waals surface area (Å²) in [4.78, 5) is 29.3. The van der Waals surface area contributed by atoms with Crippen LogP contribution in [0.2, 0.25) is 0 Å². The number of H-pyrrole nitrogens is 2.